The third kappa shape index (κ3) is 2.38. The van der Waals surface area contributed by atoms with E-state index in [1.165, 1.54) is 0 Å². The van der Waals surface area contributed by atoms with Crippen LogP contribution in [-0.4, -0.2) is 28.2 Å². The van der Waals surface area contributed by atoms with E-state index in [1.54, 1.807) is 0 Å². The number of rotatable bonds is 0. The SMILES string of the molecule is ClC1=C(Cl)[C@@]2(Cl)[C@@H]3c4cc(Br)c(Br)cc4[C@H]4[C@@H]([C@H]3[C@@]1(Cl)C2(Cl)Cl)[C@]1(Cl)C(Cl)=C(Cl)[C@]4(Cl)C1(Cl)Cl. The Kier molecular flexibility index (Phi) is 6.03. The van der Waals surface area contributed by atoms with Gasteiger partial charge in [0.15, 0.2) is 8.67 Å². The van der Waals surface area contributed by atoms with Crippen LogP contribution >= 0.6 is 171 Å². The van der Waals surface area contributed by atoms with Crippen LogP contribution in [0.4, 0.5) is 0 Å². The van der Waals surface area contributed by atoms with Crippen LogP contribution in [0.5, 0.6) is 0 Å². The summed E-state index contributed by atoms with van der Waals surface area (Å²) >= 11 is 91.0. The first-order valence-corrected chi connectivity index (χ1v) is 15.7. The van der Waals surface area contributed by atoms with E-state index < -0.39 is 51.8 Å². The van der Waals surface area contributed by atoms with Crippen LogP contribution in [0.1, 0.15) is 23.0 Å². The fourth-order valence-electron chi connectivity index (χ4n) is 6.89. The van der Waals surface area contributed by atoms with Crippen molar-refractivity contribution in [3.05, 3.63) is 52.3 Å². The molecule has 34 heavy (non-hydrogen) atoms. The molecule has 0 aliphatic heterocycles. The number of fused-ring (bicyclic) bond motifs is 14. The fraction of sp³-hybridized carbons (Fsp3) is 0.500. The first kappa shape index (κ1) is 27.3. The normalized spacial score (nSPS) is 49.0. The topological polar surface area (TPSA) is 0 Å². The molecule has 2 saturated carbocycles. The number of halogens is 14. The highest BCUT2D eigenvalue weighted by Crippen LogP contribution is 2.88. The van der Waals surface area contributed by atoms with Crippen molar-refractivity contribution in [1.29, 1.82) is 0 Å². The standard InChI is InChI=1S/C20H6Br2Cl12/c21-5-1-3-4(2-6(5)22)8-10(18(30)14(26)12(24)16(8,28)20(18,33)34)9-7(3)15(27)11(23)13(25)17(9,29)19(15,31)32/h1-2,7-10H/t7-,8+,9-,10-,15-,16-,17-,18-/m0/s1. The smallest absolute Gasteiger partial charge is 0.109 e. The molecule has 6 rings (SSSR count). The van der Waals surface area contributed by atoms with Gasteiger partial charge in [-0.1, -0.05) is 92.8 Å². The molecule has 1 aromatic rings. The zero-order valence-electron chi connectivity index (χ0n) is 15.8. The Morgan fingerprint density at radius 1 is 0.500 bits per heavy atom. The Morgan fingerprint density at radius 2 is 0.765 bits per heavy atom. The molecule has 0 heterocycles. The van der Waals surface area contributed by atoms with E-state index in [9.17, 15) is 0 Å². The largest absolute Gasteiger partial charge is 0.167 e. The van der Waals surface area contributed by atoms with Gasteiger partial charge in [0.2, 0.25) is 0 Å². The van der Waals surface area contributed by atoms with Gasteiger partial charge in [0.05, 0.1) is 20.1 Å². The summed E-state index contributed by atoms with van der Waals surface area (Å²) in [5, 5.41) is 0.192. The average molecular weight is 832 g/mol. The van der Waals surface area contributed by atoms with E-state index in [0.717, 1.165) is 20.1 Å². The van der Waals surface area contributed by atoms with Crippen LogP contribution in [0.2, 0.25) is 0 Å². The highest BCUT2D eigenvalue weighted by atomic mass is 79.9. The summed E-state index contributed by atoms with van der Waals surface area (Å²) in [6, 6.07) is 3.77. The molecule has 8 atom stereocenters. The van der Waals surface area contributed by atoms with Crippen LogP contribution in [0.25, 0.3) is 0 Å². The van der Waals surface area contributed by atoms with Crippen molar-refractivity contribution < 1.29 is 0 Å². The van der Waals surface area contributed by atoms with Gasteiger partial charge in [0.25, 0.3) is 0 Å². The van der Waals surface area contributed by atoms with E-state index in [-0.39, 0.29) is 20.1 Å². The monoisotopic (exact) mass is 824 g/mol. The summed E-state index contributed by atoms with van der Waals surface area (Å²) in [6.07, 6.45) is 0. The van der Waals surface area contributed by atoms with Crippen LogP contribution in [-0.2, 0) is 0 Å². The van der Waals surface area contributed by atoms with E-state index in [4.69, 9.17) is 139 Å². The molecule has 0 saturated heterocycles. The van der Waals surface area contributed by atoms with Gasteiger partial charge in [0.1, 0.15) is 19.5 Å². The van der Waals surface area contributed by atoms with Crippen molar-refractivity contribution in [2.45, 2.75) is 40.0 Å². The number of hydrogen-bond donors (Lipinski definition) is 0. The number of benzene rings is 1. The lowest BCUT2D eigenvalue weighted by atomic mass is 9.57. The van der Waals surface area contributed by atoms with E-state index >= 15 is 0 Å². The third-order valence-electron chi connectivity index (χ3n) is 8.17. The van der Waals surface area contributed by atoms with Gasteiger partial charge in [0, 0.05) is 32.6 Å². The van der Waals surface area contributed by atoms with Crippen molar-refractivity contribution in [2.75, 3.05) is 0 Å². The Morgan fingerprint density at radius 3 is 1.06 bits per heavy atom. The third-order valence-corrected chi connectivity index (χ3v) is 18.6. The molecular formula is C20H6Br2Cl12. The Hall–Kier alpha value is 3.14. The lowest BCUT2D eigenvalue weighted by molar-refractivity contribution is 0.201. The van der Waals surface area contributed by atoms with Gasteiger partial charge in [-0.25, -0.2) is 0 Å². The van der Waals surface area contributed by atoms with Gasteiger partial charge >= 0.3 is 0 Å². The summed E-state index contributed by atoms with van der Waals surface area (Å²) in [5.41, 5.74) is 1.48. The lowest BCUT2D eigenvalue weighted by Gasteiger charge is -2.52. The molecular weight excluding hydrogens is 825 g/mol. The molecule has 184 valence electrons. The van der Waals surface area contributed by atoms with Gasteiger partial charge in [-0.05, 0) is 55.1 Å². The minimum atomic E-state index is -1.84. The summed E-state index contributed by atoms with van der Waals surface area (Å²) in [4.78, 5) is -6.50. The highest BCUT2D eigenvalue weighted by Gasteiger charge is 2.91. The summed E-state index contributed by atoms with van der Waals surface area (Å²) in [6.45, 7) is 0. The fourth-order valence-corrected chi connectivity index (χ4v) is 13.7. The second-order valence-corrected chi connectivity index (χ2v) is 17.4. The van der Waals surface area contributed by atoms with Crippen molar-refractivity contribution in [2.24, 2.45) is 11.8 Å². The zero-order chi connectivity index (χ0) is 25.3. The van der Waals surface area contributed by atoms with Crippen LogP contribution in [0.3, 0.4) is 0 Å². The summed E-state index contributed by atoms with van der Waals surface area (Å²) in [5.74, 6) is -2.76. The average Bonchev–Trinajstić information content (AvgIpc) is 3.09. The van der Waals surface area contributed by atoms with E-state index in [2.05, 4.69) is 31.9 Å². The molecule has 0 amide bonds. The molecule has 14 heteroatoms. The number of allylic oxidation sites excluding steroid dienone is 4. The van der Waals surface area contributed by atoms with Gasteiger partial charge in [-0.15, -0.1) is 46.4 Å². The molecule has 0 nitrogen and oxygen atoms in total. The Balaban J connectivity index is 1.80. The molecule has 0 spiro atoms. The quantitative estimate of drug-likeness (QED) is 0.229. The number of alkyl halides is 8. The maximum absolute atomic E-state index is 7.30. The van der Waals surface area contributed by atoms with E-state index in [0.29, 0.717) is 0 Å². The summed E-state index contributed by atoms with van der Waals surface area (Å²) in [7, 11) is 0. The summed E-state index contributed by atoms with van der Waals surface area (Å²) < 4.78 is -2.19. The van der Waals surface area contributed by atoms with Crippen LogP contribution in [0.15, 0.2) is 41.2 Å². The minimum Gasteiger partial charge on any atom is -0.109 e. The first-order chi connectivity index (χ1) is 15.4. The van der Waals surface area contributed by atoms with Gasteiger partial charge < -0.3 is 0 Å². The molecule has 5 aliphatic carbocycles. The molecule has 0 unspecified atom stereocenters. The second-order valence-electron chi connectivity index (χ2n) is 9.15. The molecule has 0 aromatic heterocycles. The van der Waals surface area contributed by atoms with Crippen LogP contribution < -0.4 is 0 Å². The van der Waals surface area contributed by atoms with Crippen molar-refractivity contribution >= 4 is 171 Å². The number of hydrogen-bond acceptors (Lipinski definition) is 0. The molecule has 5 aliphatic rings. The molecule has 2 fully saturated rings. The maximum atomic E-state index is 7.30. The lowest BCUT2D eigenvalue weighted by Crippen LogP contribution is -2.53. The predicted octanol–water partition coefficient (Wildman–Crippen LogP) is 11.3. The van der Waals surface area contributed by atoms with Crippen LogP contribution in [0, 0.1) is 11.8 Å². The van der Waals surface area contributed by atoms with Crippen molar-refractivity contribution in [3.63, 3.8) is 0 Å². The molecule has 1 aromatic carbocycles. The zero-order valence-corrected chi connectivity index (χ0v) is 28.0. The molecule has 0 radical (unpaired) electrons. The highest BCUT2D eigenvalue weighted by molar-refractivity contribution is 9.13. The van der Waals surface area contributed by atoms with E-state index in [1.807, 2.05) is 12.1 Å². The minimum absolute atomic E-state index is 0.0306. The first-order valence-electron chi connectivity index (χ1n) is 9.53. The van der Waals surface area contributed by atoms with Crippen molar-refractivity contribution in [3.8, 4) is 0 Å². The molecule has 0 N–H and O–H groups in total. The maximum Gasteiger partial charge on any atom is 0.167 e. The predicted molar refractivity (Wildman–Crippen MR) is 155 cm³/mol. The van der Waals surface area contributed by atoms with Gasteiger partial charge in [-0.3, -0.25) is 0 Å². The van der Waals surface area contributed by atoms with Gasteiger partial charge in [-0.2, -0.15) is 0 Å². The Labute approximate surface area is 272 Å². The second kappa shape index (κ2) is 7.50. The van der Waals surface area contributed by atoms with Crippen molar-refractivity contribution in [1.82, 2.24) is 0 Å². The Bertz CT molecular complexity index is 1190. The molecule has 4 bridgehead atoms.